The van der Waals surface area contributed by atoms with Gasteiger partial charge in [-0.3, -0.25) is 14.8 Å². The molecule has 1 amide bonds. The first-order valence-corrected chi connectivity index (χ1v) is 10.1. The summed E-state index contributed by atoms with van der Waals surface area (Å²) in [7, 11) is 0. The van der Waals surface area contributed by atoms with Gasteiger partial charge >= 0.3 is 5.97 Å². The summed E-state index contributed by atoms with van der Waals surface area (Å²) in [4.78, 5) is 32.9. The molecule has 7 heteroatoms. The summed E-state index contributed by atoms with van der Waals surface area (Å²) in [5, 5.41) is 4.94. The number of rotatable bonds is 7. The first-order chi connectivity index (χ1) is 15.6. The molecule has 1 unspecified atom stereocenters. The second-order valence-electron chi connectivity index (χ2n) is 7.27. The Labute approximate surface area is 185 Å². The molecule has 0 saturated heterocycles. The molecule has 0 radical (unpaired) electrons. The number of benzene rings is 2. The number of hydrogen-bond acceptors (Lipinski definition) is 6. The Kier molecular flexibility index (Phi) is 6.48. The summed E-state index contributed by atoms with van der Waals surface area (Å²) < 4.78 is 5.32. The van der Waals surface area contributed by atoms with Crippen LogP contribution in [0.2, 0.25) is 0 Å². The van der Waals surface area contributed by atoms with Gasteiger partial charge in [0.15, 0.2) is 0 Å². The minimum atomic E-state index is -0.505. The lowest BCUT2D eigenvalue weighted by Gasteiger charge is -2.16. The molecule has 0 fully saturated rings. The summed E-state index contributed by atoms with van der Waals surface area (Å²) >= 11 is 0. The topological polar surface area (TPSA) is 107 Å². The van der Waals surface area contributed by atoms with Crippen molar-refractivity contribution in [3.8, 4) is 0 Å². The van der Waals surface area contributed by atoms with Crippen LogP contribution in [0.5, 0.6) is 0 Å². The van der Waals surface area contributed by atoms with Gasteiger partial charge in [0.25, 0.3) is 0 Å². The summed E-state index contributed by atoms with van der Waals surface area (Å²) in [6.45, 7) is 0.290. The molecule has 0 spiro atoms. The van der Waals surface area contributed by atoms with E-state index in [9.17, 15) is 9.59 Å². The average Bonchev–Trinajstić information content (AvgIpc) is 2.84. The van der Waals surface area contributed by atoms with Gasteiger partial charge in [0.05, 0.1) is 11.5 Å². The monoisotopic (exact) mass is 426 g/mol. The van der Waals surface area contributed by atoms with Gasteiger partial charge in [-0.2, -0.15) is 0 Å². The molecule has 3 N–H and O–H groups in total. The van der Waals surface area contributed by atoms with Crippen LogP contribution in [0.1, 0.15) is 27.4 Å². The largest absolute Gasteiger partial charge is 0.457 e. The second-order valence-corrected chi connectivity index (χ2v) is 7.27. The number of pyridine rings is 2. The van der Waals surface area contributed by atoms with Crippen LogP contribution in [0.4, 0.5) is 5.69 Å². The summed E-state index contributed by atoms with van der Waals surface area (Å²) in [5.41, 5.74) is 8.60. The number of carbonyl (C=O) groups is 2. The van der Waals surface area contributed by atoms with Crippen molar-refractivity contribution in [1.29, 1.82) is 0 Å². The van der Waals surface area contributed by atoms with Crippen molar-refractivity contribution in [2.45, 2.75) is 12.5 Å². The normalized spacial score (nSPS) is 11.7. The van der Waals surface area contributed by atoms with Gasteiger partial charge in [0.2, 0.25) is 5.91 Å². The van der Waals surface area contributed by atoms with Crippen molar-refractivity contribution in [2.24, 2.45) is 5.73 Å². The Balaban J connectivity index is 1.39. The van der Waals surface area contributed by atoms with Crippen LogP contribution in [0, 0.1) is 0 Å². The highest BCUT2D eigenvalue weighted by Gasteiger charge is 2.19. The molecule has 32 heavy (non-hydrogen) atoms. The maximum Gasteiger partial charge on any atom is 0.340 e. The molecule has 2 heterocycles. The summed E-state index contributed by atoms with van der Waals surface area (Å²) in [5.74, 6) is -1.13. The number of ether oxygens (including phenoxy) is 1. The SMILES string of the molecule is NCC(C(=O)Nc1ccc2cnccc2c1)c1ccc(COC(=O)c2cccnc2)cc1. The lowest BCUT2D eigenvalue weighted by molar-refractivity contribution is -0.117. The Morgan fingerprint density at radius 2 is 1.75 bits per heavy atom. The molecule has 1 atom stereocenters. The molecule has 7 nitrogen and oxygen atoms in total. The Morgan fingerprint density at radius 1 is 0.938 bits per heavy atom. The third-order valence-electron chi connectivity index (χ3n) is 5.11. The number of nitrogens with two attached hydrogens (primary N) is 1. The zero-order chi connectivity index (χ0) is 22.3. The van der Waals surface area contributed by atoms with Gasteiger partial charge in [-0.15, -0.1) is 0 Å². The van der Waals surface area contributed by atoms with Crippen LogP contribution in [0.25, 0.3) is 10.8 Å². The van der Waals surface area contributed by atoms with E-state index in [4.69, 9.17) is 10.5 Å². The fraction of sp³-hybridized carbons (Fsp3) is 0.120. The van der Waals surface area contributed by atoms with E-state index < -0.39 is 11.9 Å². The van der Waals surface area contributed by atoms with Crippen LogP contribution in [0.15, 0.2) is 85.5 Å². The number of aromatic nitrogens is 2. The molecule has 0 saturated carbocycles. The van der Waals surface area contributed by atoms with E-state index in [-0.39, 0.29) is 19.1 Å². The number of nitrogens with one attached hydrogen (secondary N) is 1. The van der Waals surface area contributed by atoms with Crippen LogP contribution in [-0.4, -0.2) is 28.4 Å². The summed E-state index contributed by atoms with van der Waals surface area (Å²) in [6.07, 6.45) is 6.55. The number of carbonyl (C=O) groups excluding carboxylic acids is 2. The molecule has 2 aromatic heterocycles. The molecular formula is C25H22N4O3. The van der Waals surface area contributed by atoms with Gasteiger partial charge in [0.1, 0.15) is 6.61 Å². The fourth-order valence-corrected chi connectivity index (χ4v) is 3.35. The number of hydrogen-bond donors (Lipinski definition) is 2. The highest BCUT2D eigenvalue weighted by Crippen LogP contribution is 2.22. The van der Waals surface area contributed by atoms with Gasteiger partial charge in [-0.05, 0) is 46.8 Å². The lowest BCUT2D eigenvalue weighted by atomic mass is 9.97. The summed E-state index contributed by atoms with van der Waals surface area (Å²) in [6, 6.07) is 18.2. The van der Waals surface area contributed by atoms with Crippen LogP contribution in [0.3, 0.4) is 0 Å². The Morgan fingerprint density at radius 3 is 2.50 bits per heavy atom. The van der Waals surface area contributed by atoms with Gasteiger partial charge < -0.3 is 15.8 Å². The molecule has 4 aromatic rings. The predicted molar refractivity (Wildman–Crippen MR) is 122 cm³/mol. The van der Waals surface area contributed by atoms with Crippen LogP contribution < -0.4 is 11.1 Å². The predicted octanol–water partition coefficient (Wildman–Crippen LogP) is 3.67. The third-order valence-corrected chi connectivity index (χ3v) is 5.11. The Bertz CT molecular complexity index is 1230. The molecule has 160 valence electrons. The maximum atomic E-state index is 12.9. The molecular weight excluding hydrogens is 404 g/mol. The van der Waals surface area contributed by atoms with Crippen molar-refractivity contribution >= 4 is 28.3 Å². The van der Waals surface area contributed by atoms with E-state index >= 15 is 0 Å². The zero-order valence-corrected chi connectivity index (χ0v) is 17.3. The molecule has 0 aliphatic carbocycles. The van der Waals surface area contributed by atoms with Gasteiger partial charge in [0, 0.05) is 42.4 Å². The minimum absolute atomic E-state index is 0.124. The molecule has 2 aromatic carbocycles. The van der Waals surface area contributed by atoms with Crippen molar-refractivity contribution in [3.05, 3.63) is 102 Å². The van der Waals surface area contributed by atoms with Crippen molar-refractivity contribution in [1.82, 2.24) is 9.97 Å². The first-order valence-electron chi connectivity index (χ1n) is 10.1. The van der Waals surface area contributed by atoms with E-state index in [0.717, 1.165) is 21.9 Å². The van der Waals surface area contributed by atoms with Crippen molar-refractivity contribution in [3.63, 3.8) is 0 Å². The van der Waals surface area contributed by atoms with Crippen LogP contribution >= 0.6 is 0 Å². The van der Waals surface area contributed by atoms with E-state index in [1.165, 1.54) is 6.20 Å². The first kappa shape index (κ1) is 21.1. The molecule has 0 bridgehead atoms. The number of nitrogens with zero attached hydrogens (tertiary/aromatic N) is 2. The van der Waals surface area contributed by atoms with Crippen LogP contribution in [-0.2, 0) is 16.1 Å². The lowest BCUT2D eigenvalue weighted by Crippen LogP contribution is -2.27. The van der Waals surface area contributed by atoms with E-state index in [0.29, 0.717) is 11.3 Å². The highest BCUT2D eigenvalue weighted by atomic mass is 16.5. The van der Waals surface area contributed by atoms with E-state index in [1.54, 1.807) is 30.7 Å². The van der Waals surface area contributed by atoms with Crippen molar-refractivity contribution < 1.29 is 14.3 Å². The van der Waals surface area contributed by atoms with Gasteiger partial charge in [-0.25, -0.2) is 4.79 Å². The number of fused-ring (bicyclic) bond motifs is 1. The fourth-order valence-electron chi connectivity index (χ4n) is 3.35. The number of amides is 1. The third kappa shape index (κ3) is 4.96. The van der Waals surface area contributed by atoms with Crippen molar-refractivity contribution in [2.75, 3.05) is 11.9 Å². The van der Waals surface area contributed by atoms with E-state index in [1.807, 2.05) is 48.5 Å². The zero-order valence-electron chi connectivity index (χ0n) is 17.3. The standard InChI is InChI=1S/C25H22N4O3/c26-13-23(24(30)29-22-8-7-20-14-28-11-9-19(20)12-22)18-5-3-17(4-6-18)16-32-25(31)21-2-1-10-27-15-21/h1-12,14-15,23H,13,16,26H2,(H,29,30). The molecule has 0 aliphatic heterocycles. The molecule has 0 aliphatic rings. The smallest absolute Gasteiger partial charge is 0.340 e. The maximum absolute atomic E-state index is 12.9. The van der Waals surface area contributed by atoms with E-state index in [2.05, 4.69) is 15.3 Å². The highest BCUT2D eigenvalue weighted by molar-refractivity contribution is 5.98. The average molecular weight is 426 g/mol. The molecule has 4 rings (SSSR count). The second kappa shape index (κ2) is 9.80. The van der Waals surface area contributed by atoms with Gasteiger partial charge in [-0.1, -0.05) is 30.3 Å². The minimum Gasteiger partial charge on any atom is -0.457 e. The quantitative estimate of drug-likeness (QED) is 0.437. The number of esters is 1. The Hall–Kier alpha value is -4.10. The number of anilines is 1.